The summed E-state index contributed by atoms with van der Waals surface area (Å²) in [5, 5.41) is 1.09. The van der Waals surface area contributed by atoms with E-state index in [1.54, 1.807) is 18.5 Å². The van der Waals surface area contributed by atoms with Crippen LogP contribution in [0.5, 0.6) is 0 Å². The molecule has 0 saturated heterocycles. The molecule has 0 atom stereocenters. The minimum atomic E-state index is -0.276. The lowest BCUT2D eigenvalue weighted by molar-refractivity contribution is 0.628. The first-order valence-electron chi connectivity index (χ1n) is 7.34. The maximum absolute atomic E-state index is 13.4. The number of aromatic nitrogens is 3. The molecule has 2 aromatic carbocycles. The summed E-state index contributed by atoms with van der Waals surface area (Å²) in [5.74, 6) is 0.251. The van der Waals surface area contributed by atoms with E-state index in [9.17, 15) is 4.39 Å². The molecule has 0 saturated carbocycles. The number of benzene rings is 2. The van der Waals surface area contributed by atoms with Gasteiger partial charge in [0, 0.05) is 23.3 Å². The smallest absolute Gasteiger partial charge is 0.163 e. The predicted molar refractivity (Wildman–Crippen MR) is 93.2 cm³/mol. The Morgan fingerprint density at radius 1 is 0.833 bits per heavy atom. The molecule has 2 aromatic heterocycles. The number of hydrogen-bond donors (Lipinski definition) is 0. The first-order chi connectivity index (χ1) is 11.7. The fraction of sp³-hybridized carbons (Fsp3) is 0. The molecule has 3 nitrogen and oxygen atoms in total. The van der Waals surface area contributed by atoms with Crippen LogP contribution >= 0.6 is 11.6 Å². The zero-order valence-corrected chi connectivity index (χ0v) is 13.2. The van der Waals surface area contributed by atoms with Crippen LogP contribution in [0.1, 0.15) is 0 Å². The van der Waals surface area contributed by atoms with Crippen molar-refractivity contribution in [3.63, 3.8) is 0 Å². The Balaban J connectivity index is 1.85. The van der Waals surface area contributed by atoms with Crippen molar-refractivity contribution in [3.8, 4) is 22.5 Å². The first-order valence-corrected chi connectivity index (χ1v) is 7.72. The molecular formula is C19H11ClFN3. The molecule has 0 aliphatic rings. The highest BCUT2D eigenvalue weighted by molar-refractivity contribution is 6.34. The van der Waals surface area contributed by atoms with Gasteiger partial charge in [0.1, 0.15) is 11.0 Å². The number of pyridine rings is 1. The summed E-state index contributed by atoms with van der Waals surface area (Å²) in [6.45, 7) is 0. The normalized spacial score (nSPS) is 10.9. The molecule has 2 heterocycles. The maximum Gasteiger partial charge on any atom is 0.163 e. The van der Waals surface area contributed by atoms with Gasteiger partial charge < -0.3 is 0 Å². The fourth-order valence-electron chi connectivity index (χ4n) is 2.56. The molecule has 0 radical (unpaired) electrons. The zero-order chi connectivity index (χ0) is 16.5. The van der Waals surface area contributed by atoms with Crippen LogP contribution in [-0.4, -0.2) is 15.0 Å². The van der Waals surface area contributed by atoms with Gasteiger partial charge in [0.2, 0.25) is 0 Å². The fourth-order valence-corrected chi connectivity index (χ4v) is 2.79. The van der Waals surface area contributed by atoms with Crippen molar-refractivity contribution >= 4 is 22.5 Å². The van der Waals surface area contributed by atoms with Crippen molar-refractivity contribution in [2.75, 3.05) is 0 Å². The van der Waals surface area contributed by atoms with Gasteiger partial charge >= 0.3 is 0 Å². The van der Waals surface area contributed by atoms with E-state index in [4.69, 9.17) is 11.6 Å². The molecule has 0 N–H and O–H groups in total. The highest BCUT2D eigenvalue weighted by Gasteiger charge is 2.10. The maximum atomic E-state index is 13.4. The standard InChI is InChI=1S/C19H11ClFN3/c20-18-16-10-13(12-3-1-5-15(21)9-12)6-7-17(16)23-19(24-18)14-4-2-8-22-11-14/h1-11H. The predicted octanol–water partition coefficient (Wildman–Crippen LogP) is 5.15. The van der Waals surface area contributed by atoms with E-state index in [0.717, 1.165) is 27.6 Å². The van der Waals surface area contributed by atoms with E-state index in [1.165, 1.54) is 12.1 Å². The summed E-state index contributed by atoms with van der Waals surface area (Å²) < 4.78 is 13.4. The van der Waals surface area contributed by atoms with Crippen molar-refractivity contribution in [2.24, 2.45) is 0 Å². The SMILES string of the molecule is Fc1cccc(-c2ccc3nc(-c4cccnc4)nc(Cl)c3c2)c1. The van der Waals surface area contributed by atoms with Gasteiger partial charge in [-0.05, 0) is 47.5 Å². The Kier molecular flexibility index (Phi) is 3.67. The lowest BCUT2D eigenvalue weighted by Crippen LogP contribution is -1.93. The van der Waals surface area contributed by atoms with E-state index < -0.39 is 0 Å². The van der Waals surface area contributed by atoms with E-state index in [2.05, 4.69) is 15.0 Å². The second kappa shape index (κ2) is 5.98. The van der Waals surface area contributed by atoms with Gasteiger partial charge in [-0.25, -0.2) is 14.4 Å². The molecule has 0 amide bonds. The molecule has 116 valence electrons. The highest BCUT2D eigenvalue weighted by atomic mass is 35.5. The minimum absolute atomic E-state index is 0.276. The summed E-state index contributed by atoms with van der Waals surface area (Å²) in [6.07, 6.45) is 3.38. The first kappa shape index (κ1) is 14.7. The van der Waals surface area contributed by atoms with Gasteiger partial charge in [0.05, 0.1) is 5.52 Å². The average molecular weight is 336 g/mol. The molecule has 4 rings (SSSR count). The Bertz CT molecular complexity index is 1040. The van der Waals surface area contributed by atoms with E-state index in [1.807, 2.05) is 36.4 Å². The number of nitrogens with zero attached hydrogens (tertiary/aromatic N) is 3. The van der Waals surface area contributed by atoms with Gasteiger partial charge in [-0.2, -0.15) is 0 Å². The summed E-state index contributed by atoms with van der Waals surface area (Å²) in [6, 6.07) is 15.8. The minimum Gasteiger partial charge on any atom is -0.264 e. The molecule has 5 heteroatoms. The van der Waals surface area contributed by atoms with Crippen molar-refractivity contribution in [1.82, 2.24) is 15.0 Å². The average Bonchev–Trinajstić information content (AvgIpc) is 2.62. The molecule has 0 spiro atoms. The van der Waals surface area contributed by atoms with Crippen LogP contribution in [0.4, 0.5) is 4.39 Å². The molecule has 4 aromatic rings. The van der Waals surface area contributed by atoms with Gasteiger partial charge in [-0.3, -0.25) is 4.98 Å². The molecule has 24 heavy (non-hydrogen) atoms. The number of halogens is 2. The zero-order valence-electron chi connectivity index (χ0n) is 12.4. The molecule has 0 aliphatic carbocycles. The third-order valence-electron chi connectivity index (χ3n) is 3.73. The van der Waals surface area contributed by atoms with Gasteiger partial charge in [-0.1, -0.05) is 29.8 Å². The van der Waals surface area contributed by atoms with Crippen LogP contribution in [-0.2, 0) is 0 Å². The lowest BCUT2D eigenvalue weighted by atomic mass is 10.0. The number of fused-ring (bicyclic) bond motifs is 1. The summed E-state index contributed by atoms with van der Waals surface area (Å²) in [4.78, 5) is 13.0. The van der Waals surface area contributed by atoms with E-state index in [0.29, 0.717) is 11.0 Å². The molecule has 0 unspecified atom stereocenters. The van der Waals surface area contributed by atoms with Gasteiger partial charge in [-0.15, -0.1) is 0 Å². The van der Waals surface area contributed by atoms with E-state index in [-0.39, 0.29) is 5.82 Å². The monoisotopic (exact) mass is 335 g/mol. The Morgan fingerprint density at radius 2 is 1.67 bits per heavy atom. The Morgan fingerprint density at radius 3 is 2.46 bits per heavy atom. The number of hydrogen-bond acceptors (Lipinski definition) is 3. The second-order valence-electron chi connectivity index (χ2n) is 5.32. The van der Waals surface area contributed by atoms with E-state index >= 15 is 0 Å². The number of rotatable bonds is 2. The molecule has 0 fully saturated rings. The van der Waals surface area contributed by atoms with Crippen LogP contribution in [0.3, 0.4) is 0 Å². The summed E-state index contributed by atoms with van der Waals surface area (Å²) >= 11 is 6.36. The topological polar surface area (TPSA) is 38.7 Å². The van der Waals surface area contributed by atoms with Crippen molar-refractivity contribution < 1.29 is 4.39 Å². The van der Waals surface area contributed by atoms with Crippen molar-refractivity contribution in [1.29, 1.82) is 0 Å². The van der Waals surface area contributed by atoms with Gasteiger partial charge in [0.25, 0.3) is 0 Å². The summed E-state index contributed by atoms with van der Waals surface area (Å²) in [5.41, 5.74) is 3.18. The Labute approximate surface area is 142 Å². The van der Waals surface area contributed by atoms with Gasteiger partial charge in [0.15, 0.2) is 5.82 Å². The molecular weight excluding hydrogens is 325 g/mol. The van der Waals surface area contributed by atoms with Crippen LogP contribution < -0.4 is 0 Å². The molecule has 0 bridgehead atoms. The van der Waals surface area contributed by atoms with Crippen molar-refractivity contribution in [2.45, 2.75) is 0 Å². The van der Waals surface area contributed by atoms with Crippen LogP contribution in [0.25, 0.3) is 33.4 Å². The lowest BCUT2D eigenvalue weighted by Gasteiger charge is -2.07. The largest absolute Gasteiger partial charge is 0.264 e. The summed E-state index contributed by atoms with van der Waals surface area (Å²) in [7, 11) is 0. The van der Waals surface area contributed by atoms with Crippen LogP contribution in [0.15, 0.2) is 67.0 Å². The quantitative estimate of drug-likeness (QED) is 0.475. The second-order valence-corrected chi connectivity index (χ2v) is 5.68. The van der Waals surface area contributed by atoms with Crippen molar-refractivity contribution in [3.05, 3.63) is 78.0 Å². The third-order valence-corrected chi connectivity index (χ3v) is 4.02. The molecule has 0 aliphatic heterocycles. The van der Waals surface area contributed by atoms with Crippen LogP contribution in [0, 0.1) is 5.82 Å². The van der Waals surface area contributed by atoms with Crippen LogP contribution in [0.2, 0.25) is 5.15 Å². The Hall–Kier alpha value is -2.85. The third kappa shape index (κ3) is 2.72. The highest BCUT2D eigenvalue weighted by Crippen LogP contribution is 2.29.